The van der Waals surface area contributed by atoms with E-state index in [2.05, 4.69) is 5.32 Å². The van der Waals surface area contributed by atoms with Gasteiger partial charge < -0.3 is 26.0 Å². The molecule has 3 rings (SSSR count). The normalized spacial score (nSPS) is 17.5. The van der Waals surface area contributed by atoms with Crippen molar-refractivity contribution in [2.45, 2.75) is 69.7 Å². The molecule has 1 aliphatic carbocycles. The molecule has 6 heteroatoms. The molecule has 0 aliphatic heterocycles. The van der Waals surface area contributed by atoms with Gasteiger partial charge in [-0.15, -0.1) is 0 Å². The Morgan fingerprint density at radius 2 is 1.82 bits per heavy atom. The molecule has 0 amide bonds. The summed E-state index contributed by atoms with van der Waals surface area (Å²) in [5.41, 5.74) is 9.02. The summed E-state index contributed by atoms with van der Waals surface area (Å²) < 4.78 is 5.27. The average Bonchev–Trinajstić information content (AvgIpc) is 2.83. The van der Waals surface area contributed by atoms with Crippen molar-refractivity contribution in [3.63, 3.8) is 0 Å². The number of phenols is 2. The predicted molar refractivity (Wildman–Crippen MR) is 131 cm³/mol. The molecule has 5 N–H and O–H groups in total. The zero-order valence-corrected chi connectivity index (χ0v) is 19.7. The first-order valence-electron chi connectivity index (χ1n) is 12.2. The van der Waals surface area contributed by atoms with Gasteiger partial charge in [0.25, 0.3) is 0 Å². The fourth-order valence-electron chi connectivity index (χ4n) is 4.84. The first-order valence-corrected chi connectivity index (χ1v) is 12.2. The summed E-state index contributed by atoms with van der Waals surface area (Å²) in [6, 6.07) is 11.0. The number of unbranched alkanes of at least 4 members (excludes halogenated alkanes) is 3. The van der Waals surface area contributed by atoms with E-state index in [1.54, 1.807) is 13.2 Å². The molecule has 2 aromatic carbocycles. The smallest absolute Gasteiger partial charge is 0.166 e. The molecule has 0 saturated carbocycles. The molecule has 0 radical (unpaired) electrons. The van der Waals surface area contributed by atoms with Gasteiger partial charge in [0.2, 0.25) is 0 Å². The summed E-state index contributed by atoms with van der Waals surface area (Å²) in [5.74, 6) is 1.00. The third kappa shape index (κ3) is 6.71. The van der Waals surface area contributed by atoms with Crippen molar-refractivity contribution in [2.24, 2.45) is 5.73 Å². The first kappa shape index (κ1) is 25.1. The van der Waals surface area contributed by atoms with E-state index in [4.69, 9.17) is 10.5 Å². The maximum Gasteiger partial charge on any atom is 0.166 e. The van der Waals surface area contributed by atoms with E-state index in [9.17, 15) is 15.0 Å². The lowest BCUT2D eigenvalue weighted by Crippen LogP contribution is -2.33. The van der Waals surface area contributed by atoms with Gasteiger partial charge in [-0.25, -0.2) is 0 Å². The number of fused-ring (bicyclic) bond motifs is 1. The van der Waals surface area contributed by atoms with Crippen LogP contribution in [0.4, 0.5) is 0 Å². The molecule has 2 unspecified atom stereocenters. The highest BCUT2D eigenvalue weighted by molar-refractivity contribution is 5.98. The number of hydrogen-bond acceptors (Lipinski definition) is 6. The van der Waals surface area contributed by atoms with Crippen LogP contribution in [0.15, 0.2) is 36.4 Å². The van der Waals surface area contributed by atoms with Crippen molar-refractivity contribution in [3.8, 4) is 17.2 Å². The van der Waals surface area contributed by atoms with Gasteiger partial charge in [-0.1, -0.05) is 37.5 Å². The minimum Gasteiger partial charge on any atom is -0.504 e. The van der Waals surface area contributed by atoms with Crippen LogP contribution in [0.3, 0.4) is 0 Å². The fraction of sp³-hybridized carbons (Fsp3) is 0.519. The third-order valence-corrected chi connectivity index (χ3v) is 6.73. The second-order valence-corrected chi connectivity index (χ2v) is 8.99. The first-order chi connectivity index (χ1) is 16.0. The molecular formula is C27H38N2O4. The van der Waals surface area contributed by atoms with Gasteiger partial charge in [0.15, 0.2) is 17.3 Å². The van der Waals surface area contributed by atoms with E-state index in [0.717, 1.165) is 75.6 Å². The Bertz CT molecular complexity index is 915. The Balaban J connectivity index is 1.27. The minimum atomic E-state index is -0.0420. The minimum absolute atomic E-state index is 0.0279. The number of benzene rings is 2. The molecular weight excluding hydrogens is 416 g/mol. The molecule has 33 heavy (non-hydrogen) atoms. The highest BCUT2D eigenvalue weighted by Gasteiger charge is 2.29. The van der Waals surface area contributed by atoms with Gasteiger partial charge >= 0.3 is 0 Å². The van der Waals surface area contributed by atoms with E-state index >= 15 is 0 Å². The van der Waals surface area contributed by atoms with Crippen LogP contribution in [0.1, 0.15) is 78.8 Å². The van der Waals surface area contributed by atoms with E-state index in [1.165, 1.54) is 0 Å². The van der Waals surface area contributed by atoms with Crippen LogP contribution >= 0.6 is 0 Å². The average molecular weight is 455 g/mol. The fourth-order valence-corrected chi connectivity index (χ4v) is 4.84. The monoisotopic (exact) mass is 454 g/mol. The van der Waals surface area contributed by atoms with Crippen LogP contribution in [0.2, 0.25) is 0 Å². The predicted octanol–water partition coefficient (Wildman–Crippen LogP) is 4.67. The van der Waals surface area contributed by atoms with Gasteiger partial charge in [-0.05, 0) is 74.9 Å². The molecule has 0 spiro atoms. The van der Waals surface area contributed by atoms with Crippen molar-refractivity contribution in [1.82, 2.24) is 5.32 Å². The molecule has 2 atom stereocenters. The van der Waals surface area contributed by atoms with Crippen molar-refractivity contribution in [2.75, 3.05) is 20.2 Å². The zero-order valence-electron chi connectivity index (χ0n) is 19.7. The summed E-state index contributed by atoms with van der Waals surface area (Å²) in [7, 11) is 1.59. The number of nitrogens with one attached hydrogen (secondary N) is 1. The van der Waals surface area contributed by atoms with Crippen LogP contribution in [0.25, 0.3) is 0 Å². The maximum absolute atomic E-state index is 12.4. The van der Waals surface area contributed by atoms with Gasteiger partial charge in [-0.2, -0.15) is 0 Å². The summed E-state index contributed by atoms with van der Waals surface area (Å²) in [6.45, 7) is 1.80. The lowest BCUT2D eigenvalue weighted by molar-refractivity contribution is 0.0977. The van der Waals surface area contributed by atoms with Crippen LogP contribution in [-0.4, -0.2) is 42.2 Å². The van der Waals surface area contributed by atoms with E-state index in [1.807, 2.05) is 30.3 Å². The van der Waals surface area contributed by atoms with Crippen molar-refractivity contribution in [3.05, 3.63) is 53.1 Å². The number of nitrogens with two attached hydrogens (primary N) is 1. The Morgan fingerprint density at radius 3 is 2.64 bits per heavy atom. The number of ether oxygens (including phenoxy) is 1. The Labute approximate surface area is 197 Å². The largest absolute Gasteiger partial charge is 0.504 e. The van der Waals surface area contributed by atoms with Crippen molar-refractivity contribution >= 4 is 5.78 Å². The third-order valence-electron chi connectivity index (χ3n) is 6.73. The number of methoxy groups -OCH3 is 1. The number of Topliss-reactive ketones (excluding diaryl/α,β-unsaturated/α-hetero) is 1. The van der Waals surface area contributed by atoms with E-state index in [0.29, 0.717) is 17.7 Å². The van der Waals surface area contributed by atoms with Gasteiger partial charge in [0.1, 0.15) is 5.75 Å². The number of phenolic OH excluding ortho intramolecular Hbond substituents is 2. The van der Waals surface area contributed by atoms with E-state index in [-0.39, 0.29) is 29.2 Å². The summed E-state index contributed by atoms with van der Waals surface area (Å²) in [6.07, 6.45) is 8.44. The lowest BCUT2D eigenvalue weighted by Gasteiger charge is -2.32. The molecule has 0 bridgehead atoms. The topological polar surface area (TPSA) is 105 Å². The molecule has 0 saturated heterocycles. The Kier molecular flexibility index (Phi) is 9.58. The lowest BCUT2D eigenvalue weighted by atomic mass is 9.76. The Morgan fingerprint density at radius 1 is 1.06 bits per heavy atom. The van der Waals surface area contributed by atoms with Gasteiger partial charge in [0, 0.05) is 18.0 Å². The van der Waals surface area contributed by atoms with Crippen LogP contribution in [0, 0.1) is 0 Å². The molecule has 0 fully saturated rings. The molecule has 2 aromatic rings. The van der Waals surface area contributed by atoms with Crippen LogP contribution in [-0.2, 0) is 6.42 Å². The highest BCUT2D eigenvalue weighted by atomic mass is 16.5. The van der Waals surface area contributed by atoms with Crippen molar-refractivity contribution < 1.29 is 19.7 Å². The number of aromatic hydroxyl groups is 2. The number of para-hydroxylation sites is 1. The van der Waals surface area contributed by atoms with Crippen LogP contribution in [0.5, 0.6) is 17.2 Å². The molecule has 1 aliphatic rings. The SMILES string of the molecule is COc1ccccc1C(=O)CCCNCCCCCCC1c2ccc(O)c(O)c2CCC1N. The van der Waals surface area contributed by atoms with Crippen molar-refractivity contribution in [1.29, 1.82) is 0 Å². The number of hydrogen-bond donors (Lipinski definition) is 4. The Hall–Kier alpha value is -2.57. The van der Waals surface area contributed by atoms with E-state index < -0.39 is 0 Å². The molecule has 180 valence electrons. The summed E-state index contributed by atoms with van der Waals surface area (Å²) >= 11 is 0. The van der Waals surface area contributed by atoms with Crippen LogP contribution < -0.4 is 15.8 Å². The second-order valence-electron chi connectivity index (χ2n) is 8.99. The molecule has 0 aromatic heterocycles. The highest BCUT2D eigenvalue weighted by Crippen LogP contribution is 2.42. The molecule has 0 heterocycles. The second kappa shape index (κ2) is 12.6. The number of rotatable bonds is 13. The maximum atomic E-state index is 12.4. The summed E-state index contributed by atoms with van der Waals surface area (Å²) in [5, 5.41) is 23.4. The summed E-state index contributed by atoms with van der Waals surface area (Å²) in [4.78, 5) is 12.4. The van der Waals surface area contributed by atoms with Gasteiger partial charge in [0.05, 0.1) is 12.7 Å². The zero-order chi connectivity index (χ0) is 23.6. The number of carbonyl (C=O) groups excluding carboxylic acids is 1. The number of carbonyl (C=O) groups is 1. The van der Waals surface area contributed by atoms with Gasteiger partial charge in [-0.3, -0.25) is 4.79 Å². The quantitative estimate of drug-likeness (QED) is 0.199. The standard InChI is InChI=1S/C27H38N2O4/c1-33-26-12-6-5-10-22(26)24(30)11-8-18-29-17-7-3-2-4-9-20-19-14-16-25(31)27(32)21(19)13-15-23(20)28/h5-6,10,12,14,16,20,23,29,31-32H,2-4,7-9,11,13,15,17-18,28H2,1H3. The molecule has 6 nitrogen and oxygen atoms in total. The number of ketones is 1.